The first-order valence-electron chi connectivity index (χ1n) is 4.60. The number of aromatic nitrogens is 4. The lowest BCUT2D eigenvalue weighted by Gasteiger charge is -1.93. The van der Waals surface area contributed by atoms with E-state index in [1.807, 2.05) is 0 Å². The molecule has 0 saturated heterocycles. The van der Waals surface area contributed by atoms with Crippen molar-refractivity contribution in [2.75, 3.05) is 6.61 Å². The fourth-order valence-corrected chi connectivity index (χ4v) is 1.39. The zero-order valence-corrected chi connectivity index (χ0v) is 9.04. The van der Waals surface area contributed by atoms with Crippen LogP contribution < -0.4 is 0 Å². The Labute approximate surface area is 96.7 Å². The fourth-order valence-electron chi connectivity index (χ4n) is 1.21. The summed E-state index contributed by atoms with van der Waals surface area (Å²) in [6.45, 7) is 0.0169. The SMILES string of the molecule is OC/C=C\C=C\n1cnc2c(Cl)ncnc21. The molecule has 0 fully saturated rings. The second-order valence-corrected chi connectivity index (χ2v) is 3.30. The van der Waals surface area contributed by atoms with E-state index in [0.29, 0.717) is 16.3 Å². The number of fused-ring (bicyclic) bond motifs is 1. The van der Waals surface area contributed by atoms with Gasteiger partial charge in [0.25, 0.3) is 0 Å². The van der Waals surface area contributed by atoms with Gasteiger partial charge >= 0.3 is 0 Å². The second kappa shape index (κ2) is 4.87. The number of hydrogen-bond acceptors (Lipinski definition) is 4. The summed E-state index contributed by atoms with van der Waals surface area (Å²) >= 11 is 5.86. The lowest BCUT2D eigenvalue weighted by molar-refractivity contribution is 0.343. The van der Waals surface area contributed by atoms with Crippen molar-refractivity contribution in [2.45, 2.75) is 0 Å². The van der Waals surface area contributed by atoms with Crippen molar-refractivity contribution < 1.29 is 5.11 Å². The molecule has 1 N–H and O–H groups in total. The largest absolute Gasteiger partial charge is 0.392 e. The molecule has 0 aliphatic heterocycles. The quantitative estimate of drug-likeness (QED) is 0.648. The van der Waals surface area contributed by atoms with Crippen LogP contribution in [0.4, 0.5) is 0 Å². The lowest BCUT2D eigenvalue weighted by atomic mass is 10.5. The van der Waals surface area contributed by atoms with Crippen LogP contribution in [0.3, 0.4) is 0 Å². The van der Waals surface area contributed by atoms with Crippen molar-refractivity contribution in [3.05, 3.63) is 36.0 Å². The van der Waals surface area contributed by atoms with E-state index in [1.165, 1.54) is 6.33 Å². The molecule has 0 radical (unpaired) electrons. The van der Waals surface area contributed by atoms with E-state index in [2.05, 4.69) is 15.0 Å². The molecule has 0 aliphatic carbocycles. The van der Waals surface area contributed by atoms with E-state index in [9.17, 15) is 0 Å². The van der Waals surface area contributed by atoms with Gasteiger partial charge in [0.2, 0.25) is 0 Å². The molecule has 5 nitrogen and oxygen atoms in total. The molecule has 0 amide bonds. The summed E-state index contributed by atoms with van der Waals surface area (Å²) < 4.78 is 1.73. The van der Waals surface area contributed by atoms with Gasteiger partial charge in [-0.2, -0.15) is 0 Å². The van der Waals surface area contributed by atoms with E-state index >= 15 is 0 Å². The Morgan fingerprint density at radius 2 is 2.19 bits per heavy atom. The van der Waals surface area contributed by atoms with Crippen LogP contribution in [0.1, 0.15) is 0 Å². The molecule has 0 aromatic carbocycles. The Kier molecular flexibility index (Phi) is 3.28. The lowest BCUT2D eigenvalue weighted by Crippen LogP contribution is -1.87. The number of allylic oxidation sites excluding steroid dienone is 2. The summed E-state index contributed by atoms with van der Waals surface area (Å²) in [5.41, 5.74) is 1.22. The van der Waals surface area contributed by atoms with Crippen molar-refractivity contribution in [2.24, 2.45) is 0 Å². The number of rotatable bonds is 3. The van der Waals surface area contributed by atoms with Crippen LogP contribution in [0.25, 0.3) is 17.4 Å². The fraction of sp³-hybridized carbons (Fsp3) is 0.100. The molecule has 82 valence electrons. The van der Waals surface area contributed by atoms with E-state index in [0.717, 1.165) is 0 Å². The minimum absolute atomic E-state index is 0.0169. The van der Waals surface area contributed by atoms with Gasteiger partial charge < -0.3 is 5.11 Å². The topological polar surface area (TPSA) is 63.8 Å². The van der Waals surface area contributed by atoms with Gasteiger partial charge in [-0.1, -0.05) is 23.8 Å². The first kappa shape index (κ1) is 10.8. The molecule has 0 bridgehead atoms. The summed E-state index contributed by atoms with van der Waals surface area (Å²) in [5, 5.41) is 8.89. The van der Waals surface area contributed by atoms with Crippen molar-refractivity contribution in [3.8, 4) is 0 Å². The third-order valence-corrected chi connectivity index (χ3v) is 2.19. The average molecular weight is 237 g/mol. The smallest absolute Gasteiger partial charge is 0.168 e. The molecule has 2 heterocycles. The molecule has 16 heavy (non-hydrogen) atoms. The average Bonchev–Trinajstić information content (AvgIpc) is 2.70. The summed E-state index contributed by atoms with van der Waals surface area (Å²) in [4.78, 5) is 12.0. The van der Waals surface area contributed by atoms with E-state index in [4.69, 9.17) is 16.7 Å². The first-order valence-corrected chi connectivity index (χ1v) is 4.98. The van der Waals surface area contributed by atoms with Crippen LogP contribution in [-0.2, 0) is 0 Å². The predicted octanol–water partition coefficient (Wildman–Crippen LogP) is 1.50. The molecular weight excluding hydrogens is 228 g/mol. The normalized spacial score (nSPS) is 12.1. The van der Waals surface area contributed by atoms with Gasteiger partial charge in [0.15, 0.2) is 10.8 Å². The van der Waals surface area contributed by atoms with E-state index in [1.54, 1.807) is 35.3 Å². The molecule has 0 spiro atoms. The van der Waals surface area contributed by atoms with Crippen LogP contribution in [0, 0.1) is 0 Å². The van der Waals surface area contributed by atoms with Crippen LogP contribution in [0.15, 0.2) is 30.9 Å². The highest BCUT2D eigenvalue weighted by molar-refractivity contribution is 6.33. The van der Waals surface area contributed by atoms with Gasteiger partial charge in [0.1, 0.15) is 18.2 Å². The Hall–Kier alpha value is -1.72. The predicted molar refractivity (Wildman–Crippen MR) is 61.9 cm³/mol. The van der Waals surface area contributed by atoms with Crippen LogP contribution in [-0.4, -0.2) is 31.2 Å². The van der Waals surface area contributed by atoms with Crippen LogP contribution in [0.2, 0.25) is 5.15 Å². The van der Waals surface area contributed by atoms with Crippen LogP contribution in [0.5, 0.6) is 0 Å². The Bertz CT molecular complexity index is 547. The van der Waals surface area contributed by atoms with Gasteiger partial charge in [0.05, 0.1) is 6.61 Å². The summed E-state index contributed by atoms with van der Waals surface area (Å²) in [5.74, 6) is 0. The zero-order valence-electron chi connectivity index (χ0n) is 8.29. The molecule has 0 atom stereocenters. The van der Waals surface area contributed by atoms with Crippen molar-refractivity contribution in [1.29, 1.82) is 0 Å². The maximum atomic E-state index is 8.55. The minimum atomic E-state index is 0.0169. The molecule has 2 aromatic rings. The molecule has 2 rings (SSSR count). The Balaban J connectivity index is 2.35. The van der Waals surface area contributed by atoms with Gasteiger partial charge in [-0.15, -0.1) is 0 Å². The standard InChI is InChI=1S/C10H9ClN4O/c11-9-8-10(13-6-12-9)15(7-14-8)4-2-1-3-5-16/h1-4,6-7,16H,5H2/b3-1-,4-2+. The van der Waals surface area contributed by atoms with E-state index in [-0.39, 0.29) is 6.61 Å². The number of nitrogens with zero attached hydrogens (tertiary/aromatic N) is 4. The highest BCUT2D eigenvalue weighted by Crippen LogP contribution is 2.16. The number of imidazole rings is 1. The molecule has 0 saturated carbocycles. The number of aliphatic hydroxyl groups is 1. The molecule has 6 heteroatoms. The summed E-state index contributed by atoms with van der Waals surface area (Å²) in [6, 6.07) is 0. The highest BCUT2D eigenvalue weighted by Gasteiger charge is 2.05. The number of halogens is 1. The molecular formula is C10H9ClN4O. The van der Waals surface area contributed by atoms with Gasteiger partial charge in [-0.05, 0) is 6.08 Å². The van der Waals surface area contributed by atoms with Crippen molar-refractivity contribution in [3.63, 3.8) is 0 Å². The monoisotopic (exact) mass is 236 g/mol. The Morgan fingerprint density at radius 1 is 1.31 bits per heavy atom. The van der Waals surface area contributed by atoms with Crippen LogP contribution >= 0.6 is 11.6 Å². The van der Waals surface area contributed by atoms with Gasteiger partial charge in [0, 0.05) is 6.20 Å². The molecule has 2 aromatic heterocycles. The summed E-state index contributed by atoms with van der Waals surface area (Å²) in [6.07, 6.45) is 9.89. The maximum Gasteiger partial charge on any atom is 0.168 e. The third kappa shape index (κ3) is 2.10. The van der Waals surface area contributed by atoms with Gasteiger partial charge in [-0.25, -0.2) is 15.0 Å². The highest BCUT2D eigenvalue weighted by atomic mass is 35.5. The van der Waals surface area contributed by atoms with Gasteiger partial charge in [-0.3, -0.25) is 4.57 Å². The Morgan fingerprint density at radius 3 is 3.00 bits per heavy atom. The number of aliphatic hydroxyl groups excluding tert-OH is 1. The molecule has 0 unspecified atom stereocenters. The first-order chi connectivity index (χ1) is 7.83. The third-order valence-electron chi connectivity index (χ3n) is 1.91. The van der Waals surface area contributed by atoms with E-state index < -0.39 is 0 Å². The van der Waals surface area contributed by atoms with Crippen molar-refractivity contribution in [1.82, 2.24) is 19.5 Å². The minimum Gasteiger partial charge on any atom is -0.392 e. The molecule has 0 aliphatic rings. The maximum absolute atomic E-state index is 8.55. The number of hydrogen-bond donors (Lipinski definition) is 1. The second-order valence-electron chi connectivity index (χ2n) is 2.94. The zero-order chi connectivity index (χ0) is 11.4. The summed E-state index contributed by atoms with van der Waals surface area (Å²) in [7, 11) is 0. The van der Waals surface area contributed by atoms with Crippen molar-refractivity contribution >= 4 is 29.0 Å².